The van der Waals surface area contributed by atoms with Gasteiger partial charge in [-0.15, -0.1) is 11.8 Å². The second-order valence-corrected chi connectivity index (χ2v) is 4.35. The number of nitrogens with one attached hydrogen (secondary N) is 2. The molecule has 0 aliphatic heterocycles. The van der Waals surface area contributed by atoms with Gasteiger partial charge < -0.3 is 5.11 Å². The van der Waals surface area contributed by atoms with E-state index in [-0.39, 0.29) is 22.8 Å². The van der Waals surface area contributed by atoms with E-state index in [2.05, 4.69) is 10.9 Å². The van der Waals surface area contributed by atoms with Crippen LogP contribution in [0, 0.1) is 0 Å². The van der Waals surface area contributed by atoms with Gasteiger partial charge in [0.2, 0.25) is 11.8 Å². The molecule has 6 heteroatoms. The quantitative estimate of drug-likeness (QED) is 0.566. The minimum atomic E-state index is -0.450. The third kappa shape index (κ3) is 6.73. The molecule has 0 spiro atoms. The zero-order chi connectivity index (χ0) is 11.1. The number of hydrogen-bond donors (Lipinski definition) is 3. The molecule has 2 unspecified atom stereocenters. The highest BCUT2D eigenvalue weighted by Gasteiger charge is 2.11. The molecule has 2 atom stereocenters. The molecule has 5 nitrogen and oxygen atoms in total. The number of thioether (sulfide) groups is 1. The maximum Gasteiger partial charge on any atom is 0.248 e. The molecule has 0 saturated carbocycles. The van der Waals surface area contributed by atoms with Gasteiger partial charge in [0.05, 0.1) is 11.9 Å². The fourth-order valence-electron chi connectivity index (χ4n) is 0.540. The molecule has 0 radical (unpaired) electrons. The first-order valence-corrected chi connectivity index (χ1v) is 5.33. The molecule has 0 aromatic heterocycles. The van der Waals surface area contributed by atoms with Crippen LogP contribution < -0.4 is 10.9 Å². The Labute approximate surface area is 87.6 Å². The average molecular weight is 220 g/mol. The predicted octanol–water partition coefficient (Wildman–Crippen LogP) is -0.344. The van der Waals surface area contributed by atoms with Crippen molar-refractivity contribution in [1.82, 2.24) is 10.9 Å². The van der Waals surface area contributed by atoms with Gasteiger partial charge >= 0.3 is 0 Å². The molecule has 0 aromatic carbocycles. The van der Waals surface area contributed by atoms with E-state index in [0.29, 0.717) is 0 Å². The van der Waals surface area contributed by atoms with Crippen LogP contribution in [0.5, 0.6) is 0 Å². The minimum Gasteiger partial charge on any atom is -0.392 e. The summed E-state index contributed by atoms with van der Waals surface area (Å²) in [6, 6.07) is 0. The molecule has 0 aliphatic carbocycles. The zero-order valence-corrected chi connectivity index (χ0v) is 9.35. The number of aliphatic hydroxyl groups excluding tert-OH is 1. The molecule has 0 aliphatic rings. The third-order valence-corrected chi connectivity index (χ3v) is 2.88. The van der Waals surface area contributed by atoms with Gasteiger partial charge in [0.15, 0.2) is 0 Å². The van der Waals surface area contributed by atoms with Crippen molar-refractivity contribution in [2.24, 2.45) is 0 Å². The standard InChI is InChI=1S/C8H16N2O3S/c1-5(11)6(2)14-4-8(13)10-9-7(3)12/h5-6,11H,4H2,1-3H3,(H,9,12)(H,10,13). The van der Waals surface area contributed by atoms with Crippen molar-refractivity contribution in [1.29, 1.82) is 0 Å². The maximum atomic E-state index is 11.0. The fourth-order valence-corrected chi connectivity index (χ4v) is 1.31. The highest BCUT2D eigenvalue weighted by molar-refractivity contribution is 8.00. The van der Waals surface area contributed by atoms with Crippen molar-refractivity contribution in [3.05, 3.63) is 0 Å². The Morgan fingerprint density at radius 2 is 1.93 bits per heavy atom. The molecule has 0 aromatic rings. The molecular weight excluding hydrogens is 204 g/mol. The topological polar surface area (TPSA) is 78.4 Å². The van der Waals surface area contributed by atoms with Gasteiger partial charge in [0, 0.05) is 12.2 Å². The van der Waals surface area contributed by atoms with Crippen molar-refractivity contribution in [3.63, 3.8) is 0 Å². The highest BCUT2D eigenvalue weighted by atomic mass is 32.2. The number of aliphatic hydroxyl groups is 1. The molecule has 0 bridgehead atoms. The lowest BCUT2D eigenvalue weighted by molar-refractivity contribution is -0.126. The Hall–Kier alpha value is -0.750. The van der Waals surface area contributed by atoms with Crippen LogP contribution in [-0.2, 0) is 9.59 Å². The lowest BCUT2D eigenvalue weighted by atomic mass is 10.3. The molecule has 0 saturated heterocycles. The molecule has 0 rings (SSSR count). The van der Waals surface area contributed by atoms with Crippen LogP contribution in [0.15, 0.2) is 0 Å². The van der Waals surface area contributed by atoms with E-state index in [0.717, 1.165) is 0 Å². The first kappa shape index (κ1) is 13.2. The van der Waals surface area contributed by atoms with Gasteiger partial charge in [-0.3, -0.25) is 20.4 Å². The Bertz CT molecular complexity index is 209. The van der Waals surface area contributed by atoms with Gasteiger partial charge in [-0.05, 0) is 6.92 Å². The molecule has 0 fully saturated rings. The van der Waals surface area contributed by atoms with Crippen molar-refractivity contribution >= 4 is 23.6 Å². The second-order valence-electron chi connectivity index (χ2n) is 2.99. The number of hydrogen-bond acceptors (Lipinski definition) is 4. The molecule has 3 N–H and O–H groups in total. The number of rotatable bonds is 4. The lowest BCUT2D eigenvalue weighted by Crippen LogP contribution is -2.41. The van der Waals surface area contributed by atoms with E-state index >= 15 is 0 Å². The summed E-state index contributed by atoms with van der Waals surface area (Å²) < 4.78 is 0. The Morgan fingerprint density at radius 1 is 1.36 bits per heavy atom. The number of hydrazine groups is 1. The van der Waals surface area contributed by atoms with Crippen molar-refractivity contribution in [2.75, 3.05) is 5.75 Å². The largest absolute Gasteiger partial charge is 0.392 e. The first-order valence-electron chi connectivity index (χ1n) is 4.28. The van der Waals surface area contributed by atoms with E-state index in [1.807, 2.05) is 6.92 Å². The van der Waals surface area contributed by atoms with E-state index in [1.165, 1.54) is 18.7 Å². The molecule has 0 heterocycles. The summed E-state index contributed by atoms with van der Waals surface area (Å²) in [5, 5.41) is 9.13. The van der Waals surface area contributed by atoms with Crippen LogP contribution in [0.2, 0.25) is 0 Å². The summed E-state index contributed by atoms with van der Waals surface area (Å²) in [5.74, 6) is -0.378. The number of amides is 2. The minimum absolute atomic E-state index is 0.00178. The van der Waals surface area contributed by atoms with Gasteiger partial charge in [-0.2, -0.15) is 0 Å². The Morgan fingerprint density at radius 3 is 2.36 bits per heavy atom. The summed E-state index contributed by atoms with van der Waals surface area (Å²) in [7, 11) is 0. The predicted molar refractivity (Wildman–Crippen MR) is 55.6 cm³/mol. The molecule has 2 amide bonds. The zero-order valence-electron chi connectivity index (χ0n) is 8.53. The summed E-state index contributed by atoms with van der Waals surface area (Å²) >= 11 is 1.33. The number of carbonyl (C=O) groups is 2. The first-order chi connectivity index (χ1) is 6.43. The van der Waals surface area contributed by atoms with Crippen molar-refractivity contribution in [3.8, 4) is 0 Å². The Balaban J connectivity index is 3.58. The van der Waals surface area contributed by atoms with Gasteiger partial charge in [0.1, 0.15) is 0 Å². The fraction of sp³-hybridized carbons (Fsp3) is 0.750. The smallest absolute Gasteiger partial charge is 0.248 e. The lowest BCUT2D eigenvalue weighted by Gasteiger charge is -2.13. The summed E-state index contributed by atoms with van der Waals surface area (Å²) in [6.07, 6.45) is -0.450. The van der Waals surface area contributed by atoms with Crippen LogP contribution >= 0.6 is 11.8 Å². The normalized spacial score (nSPS) is 14.3. The average Bonchev–Trinajstić information content (AvgIpc) is 2.10. The van der Waals surface area contributed by atoms with Crippen LogP contribution in [0.25, 0.3) is 0 Å². The maximum absolute atomic E-state index is 11.0. The van der Waals surface area contributed by atoms with Crippen LogP contribution in [0.4, 0.5) is 0 Å². The Kier molecular flexibility index (Phi) is 6.31. The molecule has 82 valence electrons. The van der Waals surface area contributed by atoms with Gasteiger partial charge in [-0.25, -0.2) is 0 Å². The number of carbonyl (C=O) groups excluding carboxylic acids is 2. The summed E-state index contributed by atoms with van der Waals surface area (Å²) in [6.45, 7) is 4.82. The monoisotopic (exact) mass is 220 g/mol. The highest BCUT2D eigenvalue weighted by Crippen LogP contribution is 2.13. The van der Waals surface area contributed by atoms with E-state index in [1.54, 1.807) is 6.92 Å². The third-order valence-electron chi connectivity index (χ3n) is 1.53. The molecular formula is C8H16N2O3S. The van der Waals surface area contributed by atoms with Gasteiger partial charge in [0.25, 0.3) is 0 Å². The van der Waals surface area contributed by atoms with Crippen LogP contribution in [0.1, 0.15) is 20.8 Å². The summed E-state index contributed by atoms with van der Waals surface area (Å²) in [4.78, 5) is 21.5. The molecule has 14 heavy (non-hydrogen) atoms. The summed E-state index contributed by atoms with van der Waals surface area (Å²) in [5.41, 5.74) is 4.42. The van der Waals surface area contributed by atoms with E-state index in [9.17, 15) is 9.59 Å². The van der Waals surface area contributed by atoms with E-state index in [4.69, 9.17) is 5.11 Å². The van der Waals surface area contributed by atoms with Gasteiger partial charge in [-0.1, -0.05) is 6.92 Å². The van der Waals surface area contributed by atoms with Crippen LogP contribution in [-0.4, -0.2) is 34.0 Å². The SMILES string of the molecule is CC(=O)NNC(=O)CSC(C)C(C)O. The van der Waals surface area contributed by atoms with Crippen LogP contribution in [0.3, 0.4) is 0 Å². The van der Waals surface area contributed by atoms with Crippen molar-refractivity contribution < 1.29 is 14.7 Å². The van der Waals surface area contributed by atoms with E-state index < -0.39 is 6.10 Å². The second kappa shape index (κ2) is 6.67. The van der Waals surface area contributed by atoms with Crippen molar-refractivity contribution in [2.45, 2.75) is 32.1 Å².